The summed E-state index contributed by atoms with van der Waals surface area (Å²) < 4.78 is 28.1. The molecule has 106 valence electrons. The number of carbonyl (C=O) groups is 1. The Bertz CT molecular complexity index is 400. The molecule has 0 bridgehead atoms. The van der Waals surface area contributed by atoms with E-state index in [0.717, 1.165) is 0 Å². The molecule has 1 saturated heterocycles. The van der Waals surface area contributed by atoms with Crippen molar-refractivity contribution in [2.24, 2.45) is 17.6 Å². The minimum absolute atomic E-state index is 0.0788. The average molecular weight is 278 g/mol. The highest BCUT2D eigenvalue weighted by Crippen LogP contribution is 2.24. The third-order valence-corrected chi connectivity index (χ3v) is 4.68. The maximum Gasteiger partial charge on any atom is 0.407 e. The Labute approximate surface area is 108 Å². The Hall–Kier alpha value is -0.820. The minimum Gasteiger partial charge on any atom is -0.444 e. The molecule has 1 fully saturated rings. The van der Waals surface area contributed by atoms with Gasteiger partial charge in [0.05, 0.1) is 11.5 Å². The number of hydrogen-bond donors (Lipinski definition) is 2. The van der Waals surface area contributed by atoms with E-state index in [0.29, 0.717) is 6.54 Å². The lowest BCUT2D eigenvalue weighted by Gasteiger charge is -2.21. The standard InChI is InChI=1S/C11H22N2O4S/c1-11(2,3)17-10(14)13-5-9-7-18(15,16)6-8(9)4-12/h8-9H,4-7,12H2,1-3H3,(H,13,14)/t8-,9-/m1/s1. The van der Waals surface area contributed by atoms with Crippen LogP contribution < -0.4 is 11.1 Å². The molecule has 18 heavy (non-hydrogen) atoms. The van der Waals surface area contributed by atoms with Crippen molar-refractivity contribution in [1.29, 1.82) is 0 Å². The summed E-state index contributed by atoms with van der Waals surface area (Å²) in [4.78, 5) is 11.5. The van der Waals surface area contributed by atoms with E-state index in [1.165, 1.54) is 0 Å². The fourth-order valence-corrected chi connectivity index (χ4v) is 4.25. The van der Waals surface area contributed by atoms with E-state index < -0.39 is 21.5 Å². The molecule has 0 aromatic heterocycles. The molecule has 3 N–H and O–H groups in total. The van der Waals surface area contributed by atoms with Gasteiger partial charge in [-0.15, -0.1) is 0 Å². The van der Waals surface area contributed by atoms with E-state index in [4.69, 9.17) is 10.5 Å². The zero-order chi connectivity index (χ0) is 14.0. The van der Waals surface area contributed by atoms with Gasteiger partial charge in [-0.1, -0.05) is 0 Å². The fourth-order valence-electron chi connectivity index (χ4n) is 2.01. The largest absolute Gasteiger partial charge is 0.444 e. The van der Waals surface area contributed by atoms with Crippen LogP contribution in [0.5, 0.6) is 0 Å². The van der Waals surface area contributed by atoms with Crippen molar-refractivity contribution >= 4 is 15.9 Å². The molecule has 0 spiro atoms. The molecule has 0 aromatic rings. The molecular weight excluding hydrogens is 256 g/mol. The normalized spacial score (nSPS) is 26.9. The molecule has 1 heterocycles. The quantitative estimate of drug-likeness (QED) is 0.764. The number of carbonyl (C=O) groups excluding carboxylic acids is 1. The van der Waals surface area contributed by atoms with Crippen LogP contribution in [-0.4, -0.2) is 44.7 Å². The van der Waals surface area contributed by atoms with Crippen LogP contribution >= 0.6 is 0 Å². The number of hydrogen-bond acceptors (Lipinski definition) is 5. The van der Waals surface area contributed by atoms with Crippen molar-refractivity contribution in [2.45, 2.75) is 26.4 Å². The van der Waals surface area contributed by atoms with Gasteiger partial charge in [-0.25, -0.2) is 13.2 Å². The molecule has 2 atom stereocenters. The molecule has 1 aliphatic heterocycles. The number of nitrogens with two attached hydrogens (primary N) is 1. The summed E-state index contributed by atoms with van der Waals surface area (Å²) in [7, 11) is -3.01. The molecule has 1 aliphatic rings. The number of nitrogens with one attached hydrogen (secondary N) is 1. The Morgan fingerprint density at radius 1 is 1.33 bits per heavy atom. The maximum absolute atomic E-state index is 11.5. The van der Waals surface area contributed by atoms with Crippen molar-refractivity contribution in [2.75, 3.05) is 24.6 Å². The first-order valence-electron chi connectivity index (χ1n) is 6.00. The Balaban J connectivity index is 2.46. The molecule has 0 saturated carbocycles. The Morgan fingerprint density at radius 3 is 2.39 bits per heavy atom. The van der Waals surface area contributed by atoms with E-state index in [-0.39, 0.29) is 29.9 Å². The summed E-state index contributed by atoms with van der Waals surface area (Å²) in [6.07, 6.45) is -0.525. The van der Waals surface area contributed by atoms with Crippen molar-refractivity contribution in [1.82, 2.24) is 5.32 Å². The summed E-state index contributed by atoms with van der Waals surface area (Å²) in [6.45, 7) is 5.93. The van der Waals surface area contributed by atoms with Gasteiger partial charge < -0.3 is 15.8 Å². The van der Waals surface area contributed by atoms with Gasteiger partial charge in [0.15, 0.2) is 9.84 Å². The van der Waals surface area contributed by atoms with Crippen LogP contribution in [0.1, 0.15) is 20.8 Å². The van der Waals surface area contributed by atoms with Gasteiger partial charge in [0.2, 0.25) is 0 Å². The third-order valence-electron chi connectivity index (χ3n) is 2.81. The summed E-state index contributed by atoms with van der Waals surface area (Å²) in [5.41, 5.74) is 4.99. The molecule has 0 radical (unpaired) electrons. The zero-order valence-electron chi connectivity index (χ0n) is 11.1. The van der Waals surface area contributed by atoms with Gasteiger partial charge in [-0.2, -0.15) is 0 Å². The smallest absolute Gasteiger partial charge is 0.407 e. The molecule has 0 unspecified atom stereocenters. The van der Waals surface area contributed by atoms with Crippen molar-refractivity contribution in [3.05, 3.63) is 0 Å². The van der Waals surface area contributed by atoms with E-state index in [1.54, 1.807) is 20.8 Å². The average Bonchev–Trinajstić information content (AvgIpc) is 2.47. The van der Waals surface area contributed by atoms with E-state index in [9.17, 15) is 13.2 Å². The minimum atomic E-state index is -3.01. The monoisotopic (exact) mass is 278 g/mol. The number of amides is 1. The molecule has 7 heteroatoms. The second-order valence-corrected chi connectivity index (χ2v) is 7.87. The van der Waals surface area contributed by atoms with Gasteiger partial charge in [0.25, 0.3) is 0 Å². The van der Waals surface area contributed by atoms with Crippen LogP contribution in [-0.2, 0) is 14.6 Å². The number of sulfone groups is 1. The number of ether oxygens (including phenoxy) is 1. The van der Waals surface area contributed by atoms with E-state index >= 15 is 0 Å². The zero-order valence-corrected chi connectivity index (χ0v) is 11.9. The summed E-state index contributed by atoms with van der Waals surface area (Å²) in [5, 5.41) is 2.60. The van der Waals surface area contributed by atoms with Crippen LogP contribution in [0.4, 0.5) is 4.79 Å². The molecule has 6 nitrogen and oxygen atoms in total. The van der Waals surface area contributed by atoms with Crippen LogP contribution in [0.3, 0.4) is 0 Å². The summed E-state index contributed by atoms with van der Waals surface area (Å²) >= 11 is 0. The number of rotatable bonds is 3. The second-order valence-electron chi connectivity index (χ2n) is 5.72. The Morgan fingerprint density at radius 2 is 1.89 bits per heavy atom. The molecular formula is C11H22N2O4S. The highest BCUT2D eigenvalue weighted by Gasteiger charge is 2.36. The lowest BCUT2D eigenvalue weighted by molar-refractivity contribution is 0.0517. The maximum atomic E-state index is 11.5. The van der Waals surface area contributed by atoms with Gasteiger partial charge >= 0.3 is 6.09 Å². The first kappa shape index (κ1) is 15.2. The van der Waals surface area contributed by atoms with Crippen LogP contribution in [0.25, 0.3) is 0 Å². The van der Waals surface area contributed by atoms with Crippen molar-refractivity contribution in [3.63, 3.8) is 0 Å². The predicted molar refractivity (Wildman–Crippen MR) is 68.9 cm³/mol. The lowest BCUT2D eigenvalue weighted by Crippen LogP contribution is -2.38. The summed E-state index contributed by atoms with van der Waals surface area (Å²) in [6, 6.07) is 0. The van der Waals surface area contributed by atoms with Crippen LogP contribution in [0.15, 0.2) is 0 Å². The topological polar surface area (TPSA) is 98.5 Å². The molecule has 0 aliphatic carbocycles. The first-order valence-corrected chi connectivity index (χ1v) is 7.82. The Kier molecular flexibility index (Phi) is 4.61. The van der Waals surface area contributed by atoms with Gasteiger partial charge in [-0.05, 0) is 39.2 Å². The lowest BCUT2D eigenvalue weighted by atomic mass is 9.96. The predicted octanol–water partition coefficient (Wildman–Crippen LogP) is 0.131. The van der Waals surface area contributed by atoms with E-state index in [1.807, 2.05) is 0 Å². The van der Waals surface area contributed by atoms with Crippen molar-refractivity contribution < 1.29 is 17.9 Å². The van der Waals surface area contributed by atoms with Gasteiger partial charge in [0, 0.05) is 6.54 Å². The van der Waals surface area contributed by atoms with Crippen LogP contribution in [0, 0.1) is 11.8 Å². The molecule has 0 aromatic carbocycles. The highest BCUT2D eigenvalue weighted by molar-refractivity contribution is 7.91. The van der Waals surface area contributed by atoms with Crippen LogP contribution in [0.2, 0.25) is 0 Å². The van der Waals surface area contributed by atoms with Gasteiger partial charge in [-0.3, -0.25) is 0 Å². The first-order chi connectivity index (χ1) is 8.13. The SMILES string of the molecule is CC(C)(C)OC(=O)NC[C@@H]1CS(=O)(=O)C[C@H]1CN. The van der Waals surface area contributed by atoms with E-state index in [2.05, 4.69) is 5.32 Å². The van der Waals surface area contributed by atoms with Gasteiger partial charge in [0.1, 0.15) is 5.60 Å². The molecule has 1 amide bonds. The second kappa shape index (κ2) is 5.44. The number of alkyl carbamates (subject to hydrolysis) is 1. The van der Waals surface area contributed by atoms with Crippen molar-refractivity contribution in [3.8, 4) is 0 Å². The highest BCUT2D eigenvalue weighted by atomic mass is 32.2. The summed E-state index contributed by atoms with van der Waals surface area (Å²) in [5.74, 6) is 0.00640. The third kappa shape index (κ3) is 4.81. The fraction of sp³-hybridized carbons (Fsp3) is 0.909. The molecule has 1 rings (SSSR count).